The summed E-state index contributed by atoms with van der Waals surface area (Å²) in [6.45, 7) is 2.37. The van der Waals surface area contributed by atoms with E-state index in [0.29, 0.717) is 17.0 Å². The number of hydrogen-bond donors (Lipinski definition) is 2. The minimum Gasteiger partial charge on any atom is -0.497 e. The molecule has 0 aliphatic carbocycles. The Morgan fingerprint density at radius 1 is 1.03 bits per heavy atom. The van der Waals surface area contributed by atoms with Crippen LogP contribution in [0.1, 0.15) is 22.8 Å². The SMILES string of the molecule is COC(=O)c1ccc(C)c(NC(=O)COC(=O)C(C)NS(=O)(=O)c2ccc(OC)cc2)c1. The largest absolute Gasteiger partial charge is 0.497 e. The number of hydrogen-bond acceptors (Lipinski definition) is 8. The first kappa shape index (κ1) is 24.8. The number of esters is 2. The van der Waals surface area contributed by atoms with Crippen LogP contribution in [0.15, 0.2) is 47.4 Å². The highest BCUT2D eigenvalue weighted by molar-refractivity contribution is 7.89. The van der Waals surface area contributed by atoms with Gasteiger partial charge in [-0.2, -0.15) is 4.72 Å². The van der Waals surface area contributed by atoms with Gasteiger partial charge in [0.2, 0.25) is 10.0 Å². The van der Waals surface area contributed by atoms with Crippen molar-refractivity contribution in [1.82, 2.24) is 4.72 Å². The van der Waals surface area contributed by atoms with Gasteiger partial charge in [0.1, 0.15) is 11.8 Å². The molecular formula is C21H24N2O8S. The zero-order chi connectivity index (χ0) is 23.9. The molecule has 0 bridgehead atoms. The van der Waals surface area contributed by atoms with E-state index >= 15 is 0 Å². The van der Waals surface area contributed by atoms with Crippen molar-refractivity contribution in [3.8, 4) is 5.75 Å². The molecule has 0 spiro atoms. The molecule has 0 aliphatic heterocycles. The Bertz CT molecular complexity index is 1100. The fourth-order valence-electron chi connectivity index (χ4n) is 2.55. The zero-order valence-corrected chi connectivity index (χ0v) is 18.8. The molecule has 2 rings (SSSR count). The molecule has 10 nitrogen and oxygen atoms in total. The van der Waals surface area contributed by atoms with Gasteiger partial charge in [0, 0.05) is 5.69 Å². The fraction of sp³-hybridized carbons (Fsp3) is 0.286. The number of methoxy groups -OCH3 is 2. The van der Waals surface area contributed by atoms with Crippen LogP contribution in [0.25, 0.3) is 0 Å². The summed E-state index contributed by atoms with van der Waals surface area (Å²) in [5.41, 5.74) is 1.27. The maximum Gasteiger partial charge on any atom is 0.337 e. The summed E-state index contributed by atoms with van der Waals surface area (Å²) in [5.74, 6) is -1.68. The van der Waals surface area contributed by atoms with E-state index in [1.54, 1.807) is 19.1 Å². The first-order chi connectivity index (χ1) is 15.1. The standard InChI is InChI=1S/C21H24N2O8S/c1-13-5-6-15(21(26)30-4)11-18(13)22-19(24)12-31-20(25)14(2)23-32(27,28)17-9-7-16(29-3)8-10-17/h5-11,14,23H,12H2,1-4H3,(H,22,24). The van der Waals surface area contributed by atoms with Gasteiger partial charge in [-0.1, -0.05) is 6.07 Å². The predicted octanol–water partition coefficient (Wildman–Crippen LogP) is 1.64. The van der Waals surface area contributed by atoms with E-state index in [0.717, 1.165) is 0 Å². The van der Waals surface area contributed by atoms with Crippen LogP contribution in [0.4, 0.5) is 5.69 Å². The molecular weight excluding hydrogens is 440 g/mol. The maximum absolute atomic E-state index is 12.4. The summed E-state index contributed by atoms with van der Waals surface area (Å²) < 4.78 is 41.5. The van der Waals surface area contributed by atoms with Gasteiger partial charge in [-0.15, -0.1) is 0 Å². The Hall–Kier alpha value is -3.44. The van der Waals surface area contributed by atoms with E-state index in [4.69, 9.17) is 9.47 Å². The maximum atomic E-state index is 12.4. The molecule has 0 saturated carbocycles. The summed E-state index contributed by atoms with van der Waals surface area (Å²) in [6, 6.07) is 8.98. The summed E-state index contributed by atoms with van der Waals surface area (Å²) in [4.78, 5) is 35.9. The third-order valence-corrected chi connectivity index (χ3v) is 5.89. The highest BCUT2D eigenvalue weighted by atomic mass is 32.2. The molecule has 0 radical (unpaired) electrons. The third-order valence-electron chi connectivity index (χ3n) is 4.33. The number of amides is 1. The molecule has 2 aromatic carbocycles. The number of ether oxygens (including phenoxy) is 3. The fourth-order valence-corrected chi connectivity index (χ4v) is 3.75. The molecule has 0 heterocycles. The van der Waals surface area contributed by atoms with Gasteiger partial charge in [-0.3, -0.25) is 9.59 Å². The van der Waals surface area contributed by atoms with Crippen molar-refractivity contribution < 1.29 is 37.0 Å². The number of benzene rings is 2. The van der Waals surface area contributed by atoms with Gasteiger partial charge >= 0.3 is 11.9 Å². The van der Waals surface area contributed by atoms with Crippen LogP contribution in [0, 0.1) is 6.92 Å². The van der Waals surface area contributed by atoms with Crippen molar-refractivity contribution in [2.75, 3.05) is 26.1 Å². The summed E-state index contributed by atoms with van der Waals surface area (Å²) in [6.07, 6.45) is 0. The molecule has 1 atom stereocenters. The Balaban J connectivity index is 1.94. The molecule has 0 aromatic heterocycles. The van der Waals surface area contributed by atoms with Gasteiger partial charge in [-0.25, -0.2) is 13.2 Å². The van der Waals surface area contributed by atoms with Gasteiger partial charge < -0.3 is 19.5 Å². The number of nitrogens with one attached hydrogen (secondary N) is 2. The monoisotopic (exact) mass is 464 g/mol. The van der Waals surface area contributed by atoms with Crippen molar-refractivity contribution in [3.05, 3.63) is 53.6 Å². The first-order valence-electron chi connectivity index (χ1n) is 9.39. The van der Waals surface area contributed by atoms with Crippen molar-refractivity contribution in [2.24, 2.45) is 0 Å². The average Bonchev–Trinajstić information content (AvgIpc) is 2.78. The molecule has 32 heavy (non-hydrogen) atoms. The summed E-state index contributed by atoms with van der Waals surface area (Å²) in [7, 11) is -1.30. The zero-order valence-electron chi connectivity index (χ0n) is 18.0. The van der Waals surface area contributed by atoms with Gasteiger partial charge in [0.25, 0.3) is 5.91 Å². The number of sulfonamides is 1. The van der Waals surface area contributed by atoms with E-state index in [2.05, 4.69) is 14.8 Å². The summed E-state index contributed by atoms with van der Waals surface area (Å²) in [5, 5.41) is 2.53. The van der Waals surface area contributed by atoms with Crippen LogP contribution in [-0.2, 0) is 29.1 Å². The highest BCUT2D eigenvalue weighted by Gasteiger charge is 2.24. The van der Waals surface area contributed by atoms with Crippen molar-refractivity contribution in [2.45, 2.75) is 24.8 Å². The van der Waals surface area contributed by atoms with Gasteiger partial charge in [0.15, 0.2) is 6.61 Å². The van der Waals surface area contributed by atoms with E-state index in [1.807, 2.05) is 0 Å². The van der Waals surface area contributed by atoms with E-state index < -0.39 is 40.5 Å². The number of aryl methyl sites for hydroxylation is 1. The van der Waals surface area contributed by atoms with E-state index in [9.17, 15) is 22.8 Å². The topological polar surface area (TPSA) is 137 Å². The Kier molecular flexibility index (Phi) is 8.33. The van der Waals surface area contributed by atoms with Crippen LogP contribution >= 0.6 is 0 Å². The molecule has 2 aromatic rings. The second-order valence-corrected chi connectivity index (χ2v) is 8.41. The molecule has 1 unspecified atom stereocenters. The van der Waals surface area contributed by atoms with Crippen LogP contribution in [0.3, 0.4) is 0 Å². The lowest BCUT2D eigenvalue weighted by Gasteiger charge is -2.14. The Labute approximate surface area is 185 Å². The Morgan fingerprint density at radius 3 is 2.28 bits per heavy atom. The van der Waals surface area contributed by atoms with Crippen LogP contribution in [0.5, 0.6) is 5.75 Å². The van der Waals surface area contributed by atoms with Crippen molar-refractivity contribution in [3.63, 3.8) is 0 Å². The van der Waals surface area contributed by atoms with E-state index in [-0.39, 0.29) is 10.5 Å². The second kappa shape index (κ2) is 10.7. The molecule has 0 aliphatic rings. The molecule has 2 N–H and O–H groups in total. The number of rotatable bonds is 9. The van der Waals surface area contributed by atoms with Gasteiger partial charge in [0.05, 0.1) is 24.7 Å². The quantitative estimate of drug-likeness (QED) is 0.535. The molecule has 0 fully saturated rings. The van der Waals surface area contributed by atoms with Crippen LogP contribution in [0.2, 0.25) is 0 Å². The highest BCUT2D eigenvalue weighted by Crippen LogP contribution is 2.18. The van der Waals surface area contributed by atoms with Crippen LogP contribution in [-0.4, -0.2) is 53.1 Å². The molecule has 1 amide bonds. The summed E-state index contributed by atoms with van der Waals surface area (Å²) >= 11 is 0. The minimum absolute atomic E-state index is 0.0587. The third kappa shape index (κ3) is 6.53. The van der Waals surface area contributed by atoms with Crippen molar-refractivity contribution in [1.29, 1.82) is 0 Å². The molecule has 11 heteroatoms. The average molecular weight is 464 g/mol. The number of anilines is 1. The Morgan fingerprint density at radius 2 is 1.69 bits per heavy atom. The lowest BCUT2D eigenvalue weighted by molar-refractivity contribution is -0.148. The minimum atomic E-state index is -3.99. The van der Waals surface area contributed by atoms with E-state index in [1.165, 1.54) is 51.5 Å². The molecule has 172 valence electrons. The predicted molar refractivity (Wildman–Crippen MR) is 115 cm³/mol. The first-order valence-corrected chi connectivity index (χ1v) is 10.9. The van der Waals surface area contributed by atoms with Gasteiger partial charge in [-0.05, 0) is 55.8 Å². The van der Waals surface area contributed by atoms with Crippen molar-refractivity contribution >= 4 is 33.6 Å². The normalized spacial score (nSPS) is 11.9. The smallest absolute Gasteiger partial charge is 0.337 e. The lowest BCUT2D eigenvalue weighted by Crippen LogP contribution is -2.40. The number of carbonyl (C=O) groups is 3. The number of carbonyl (C=O) groups excluding carboxylic acids is 3. The second-order valence-electron chi connectivity index (χ2n) is 6.70. The van der Waals surface area contributed by atoms with Crippen LogP contribution < -0.4 is 14.8 Å². The molecule has 0 saturated heterocycles. The lowest BCUT2D eigenvalue weighted by atomic mass is 10.1.